The van der Waals surface area contributed by atoms with Gasteiger partial charge in [0.2, 0.25) is 5.91 Å². The normalized spacial score (nSPS) is 21.3. The van der Waals surface area contributed by atoms with E-state index in [1.165, 1.54) is 24.3 Å². The first-order chi connectivity index (χ1) is 13.1. The van der Waals surface area contributed by atoms with E-state index in [1.54, 1.807) is 4.90 Å². The van der Waals surface area contributed by atoms with Gasteiger partial charge in [0.1, 0.15) is 5.82 Å². The predicted molar refractivity (Wildman–Crippen MR) is 103 cm³/mol. The Morgan fingerprint density at radius 2 is 1.78 bits per heavy atom. The Kier molecular flexibility index (Phi) is 6.83. The van der Waals surface area contributed by atoms with Gasteiger partial charge in [-0.3, -0.25) is 9.59 Å². The van der Waals surface area contributed by atoms with Gasteiger partial charge in [-0.2, -0.15) is 0 Å². The smallest absolute Gasteiger partial charge is 0.253 e. The number of likely N-dealkylation sites (tertiary alicyclic amines) is 2. The zero-order valence-electron chi connectivity index (χ0n) is 16.1. The van der Waals surface area contributed by atoms with Gasteiger partial charge in [-0.05, 0) is 69.0 Å². The van der Waals surface area contributed by atoms with E-state index in [2.05, 4.69) is 12.2 Å². The lowest BCUT2D eigenvalue weighted by Crippen LogP contribution is -2.49. The SMILES string of the molecule is CCNCC1CCN(C(=O)C2CCCN(C(=O)c3ccc(F)cc3)C2)CC1. The van der Waals surface area contributed by atoms with Crippen LogP contribution in [0, 0.1) is 17.7 Å². The third kappa shape index (κ3) is 5.06. The van der Waals surface area contributed by atoms with Crippen LogP contribution in [-0.2, 0) is 4.79 Å². The second kappa shape index (κ2) is 9.31. The molecular weight excluding hydrogens is 345 g/mol. The number of piperidine rings is 2. The molecule has 0 saturated carbocycles. The van der Waals surface area contributed by atoms with Crippen LogP contribution in [0.5, 0.6) is 0 Å². The summed E-state index contributed by atoms with van der Waals surface area (Å²) in [6.45, 7) is 6.88. The second-order valence-electron chi connectivity index (χ2n) is 7.67. The summed E-state index contributed by atoms with van der Waals surface area (Å²) in [5.41, 5.74) is 0.480. The number of carbonyl (C=O) groups excluding carboxylic acids is 2. The number of amides is 2. The van der Waals surface area contributed by atoms with Gasteiger partial charge in [-0.15, -0.1) is 0 Å². The lowest BCUT2D eigenvalue weighted by molar-refractivity contribution is -0.138. The van der Waals surface area contributed by atoms with Crippen LogP contribution >= 0.6 is 0 Å². The molecule has 1 unspecified atom stereocenters. The van der Waals surface area contributed by atoms with Crippen molar-refractivity contribution in [3.05, 3.63) is 35.6 Å². The predicted octanol–water partition coefficient (Wildman–Crippen LogP) is 2.53. The fourth-order valence-electron chi connectivity index (χ4n) is 4.10. The minimum Gasteiger partial charge on any atom is -0.342 e. The first kappa shape index (κ1) is 19.8. The molecule has 2 heterocycles. The summed E-state index contributed by atoms with van der Waals surface area (Å²) < 4.78 is 13.1. The van der Waals surface area contributed by atoms with Crippen LogP contribution in [0.25, 0.3) is 0 Å². The highest BCUT2D eigenvalue weighted by molar-refractivity contribution is 5.94. The van der Waals surface area contributed by atoms with Crippen LogP contribution in [0.2, 0.25) is 0 Å². The number of halogens is 1. The number of hydrogen-bond donors (Lipinski definition) is 1. The average Bonchev–Trinajstić information content (AvgIpc) is 2.72. The number of hydrogen-bond acceptors (Lipinski definition) is 3. The van der Waals surface area contributed by atoms with Crippen molar-refractivity contribution in [2.45, 2.75) is 32.6 Å². The van der Waals surface area contributed by atoms with Crippen molar-refractivity contribution in [2.24, 2.45) is 11.8 Å². The molecule has 0 aliphatic carbocycles. The van der Waals surface area contributed by atoms with Gasteiger partial charge in [0, 0.05) is 31.7 Å². The minimum absolute atomic E-state index is 0.114. The lowest BCUT2D eigenvalue weighted by atomic mass is 9.92. The van der Waals surface area contributed by atoms with Crippen molar-refractivity contribution >= 4 is 11.8 Å². The Morgan fingerprint density at radius 3 is 2.44 bits per heavy atom. The van der Waals surface area contributed by atoms with Crippen molar-refractivity contribution in [1.29, 1.82) is 0 Å². The molecule has 27 heavy (non-hydrogen) atoms. The number of benzene rings is 1. The first-order valence-electron chi connectivity index (χ1n) is 10.1. The molecule has 1 atom stereocenters. The Morgan fingerprint density at radius 1 is 1.07 bits per heavy atom. The summed E-state index contributed by atoms with van der Waals surface area (Å²) >= 11 is 0. The average molecular weight is 375 g/mol. The Bertz CT molecular complexity index is 641. The molecule has 2 saturated heterocycles. The molecule has 1 N–H and O–H groups in total. The van der Waals surface area contributed by atoms with Crippen molar-refractivity contribution < 1.29 is 14.0 Å². The highest BCUT2D eigenvalue weighted by Crippen LogP contribution is 2.24. The lowest BCUT2D eigenvalue weighted by Gasteiger charge is -2.38. The van der Waals surface area contributed by atoms with Crippen LogP contribution in [0.4, 0.5) is 4.39 Å². The van der Waals surface area contributed by atoms with Gasteiger partial charge < -0.3 is 15.1 Å². The zero-order chi connectivity index (χ0) is 19.2. The summed E-state index contributed by atoms with van der Waals surface area (Å²) in [5, 5.41) is 3.39. The molecule has 3 rings (SSSR count). The summed E-state index contributed by atoms with van der Waals surface area (Å²) in [5.74, 6) is 0.256. The quantitative estimate of drug-likeness (QED) is 0.860. The molecule has 1 aromatic rings. The molecular formula is C21H30FN3O2. The molecule has 148 valence electrons. The molecule has 0 radical (unpaired) electrons. The van der Waals surface area contributed by atoms with E-state index in [-0.39, 0.29) is 23.5 Å². The second-order valence-corrected chi connectivity index (χ2v) is 7.67. The van der Waals surface area contributed by atoms with Crippen molar-refractivity contribution in [1.82, 2.24) is 15.1 Å². The van der Waals surface area contributed by atoms with Crippen molar-refractivity contribution in [3.8, 4) is 0 Å². The van der Waals surface area contributed by atoms with E-state index in [1.807, 2.05) is 4.90 Å². The van der Waals surface area contributed by atoms with Gasteiger partial charge in [0.05, 0.1) is 5.92 Å². The zero-order valence-corrected chi connectivity index (χ0v) is 16.1. The van der Waals surface area contributed by atoms with Crippen LogP contribution in [0.1, 0.15) is 43.0 Å². The summed E-state index contributed by atoms with van der Waals surface area (Å²) in [6, 6.07) is 5.63. The molecule has 0 aromatic heterocycles. The number of rotatable bonds is 5. The van der Waals surface area contributed by atoms with Crippen LogP contribution in [0.3, 0.4) is 0 Å². The maximum atomic E-state index is 13.1. The van der Waals surface area contributed by atoms with Gasteiger partial charge in [0.25, 0.3) is 5.91 Å². The molecule has 2 fully saturated rings. The molecule has 0 bridgehead atoms. The molecule has 1 aromatic carbocycles. The Hall–Kier alpha value is -1.95. The van der Waals surface area contributed by atoms with Gasteiger partial charge in [-0.1, -0.05) is 6.92 Å². The molecule has 0 spiro atoms. The first-order valence-corrected chi connectivity index (χ1v) is 10.1. The molecule has 2 aliphatic rings. The van der Waals surface area contributed by atoms with Crippen molar-refractivity contribution in [3.63, 3.8) is 0 Å². The molecule has 2 aliphatic heterocycles. The van der Waals surface area contributed by atoms with Gasteiger partial charge in [0.15, 0.2) is 0 Å². The van der Waals surface area contributed by atoms with Crippen LogP contribution < -0.4 is 5.32 Å². The third-order valence-electron chi connectivity index (χ3n) is 5.76. The fourth-order valence-corrected chi connectivity index (χ4v) is 4.10. The largest absolute Gasteiger partial charge is 0.342 e. The molecule has 2 amide bonds. The van der Waals surface area contributed by atoms with Gasteiger partial charge >= 0.3 is 0 Å². The number of nitrogens with zero attached hydrogens (tertiary/aromatic N) is 2. The fraction of sp³-hybridized carbons (Fsp3) is 0.619. The highest BCUT2D eigenvalue weighted by atomic mass is 19.1. The monoisotopic (exact) mass is 375 g/mol. The standard InChI is InChI=1S/C21H30FN3O2/c1-2-23-14-16-9-12-24(13-10-16)21(27)18-4-3-11-25(15-18)20(26)17-5-7-19(22)8-6-17/h5-8,16,18,23H,2-4,9-15H2,1H3. The van der Waals surface area contributed by atoms with E-state index >= 15 is 0 Å². The number of carbonyl (C=O) groups is 2. The number of nitrogens with one attached hydrogen (secondary N) is 1. The van der Waals surface area contributed by atoms with Crippen LogP contribution in [-0.4, -0.2) is 60.9 Å². The maximum absolute atomic E-state index is 13.1. The maximum Gasteiger partial charge on any atom is 0.253 e. The molecule has 6 heteroatoms. The van der Waals surface area contributed by atoms with Crippen molar-refractivity contribution in [2.75, 3.05) is 39.3 Å². The van der Waals surface area contributed by atoms with E-state index < -0.39 is 0 Å². The topological polar surface area (TPSA) is 52.7 Å². The third-order valence-corrected chi connectivity index (χ3v) is 5.76. The van der Waals surface area contributed by atoms with Gasteiger partial charge in [-0.25, -0.2) is 4.39 Å². The summed E-state index contributed by atoms with van der Waals surface area (Å²) in [4.78, 5) is 29.3. The van der Waals surface area contributed by atoms with E-state index in [9.17, 15) is 14.0 Å². The van der Waals surface area contributed by atoms with E-state index in [0.29, 0.717) is 24.6 Å². The highest BCUT2D eigenvalue weighted by Gasteiger charge is 2.33. The van der Waals surface area contributed by atoms with E-state index in [0.717, 1.165) is 51.9 Å². The molecule has 5 nitrogen and oxygen atoms in total. The van der Waals surface area contributed by atoms with E-state index in [4.69, 9.17) is 0 Å². The Labute approximate surface area is 160 Å². The summed E-state index contributed by atoms with van der Waals surface area (Å²) in [6.07, 6.45) is 3.76. The summed E-state index contributed by atoms with van der Waals surface area (Å²) in [7, 11) is 0. The Balaban J connectivity index is 1.54. The van der Waals surface area contributed by atoms with Crippen LogP contribution in [0.15, 0.2) is 24.3 Å². The minimum atomic E-state index is -0.351.